The molecule has 0 bridgehead atoms. The molecule has 0 saturated carbocycles. The van der Waals surface area contributed by atoms with Crippen molar-refractivity contribution in [2.24, 2.45) is 0 Å². The normalized spacial score (nSPS) is 13.3. The Morgan fingerprint density at radius 1 is 0.944 bits per heavy atom. The predicted molar refractivity (Wildman–Crippen MR) is 72.4 cm³/mol. The van der Waals surface area contributed by atoms with Gasteiger partial charge >= 0.3 is 0 Å². The average Bonchev–Trinajstić information content (AvgIpc) is 2.41. The van der Waals surface area contributed by atoms with Crippen LogP contribution in [0.4, 0.5) is 5.69 Å². The van der Waals surface area contributed by atoms with E-state index in [-0.39, 0.29) is 0 Å². The average molecular weight is 259 g/mol. The van der Waals surface area contributed by atoms with E-state index in [0.29, 0.717) is 18.9 Å². The minimum atomic E-state index is 0.581. The molecule has 1 aliphatic rings. The molecule has 0 fully saturated rings. The third-order valence-electron chi connectivity index (χ3n) is 2.65. The molecule has 0 aromatic heterocycles. The van der Waals surface area contributed by atoms with Crippen LogP contribution in [0.25, 0.3) is 0 Å². The number of nitrogen functional groups attached to an aromatic ring is 1. The van der Waals surface area contributed by atoms with Gasteiger partial charge in [0.05, 0.1) is 0 Å². The Morgan fingerprint density at radius 2 is 1.61 bits per heavy atom. The summed E-state index contributed by atoms with van der Waals surface area (Å²) in [6.07, 6.45) is 0. The molecule has 1 heterocycles. The predicted octanol–water partition coefficient (Wildman–Crippen LogP) is 3.19. The van der Waals surface area contributed by atoms with E-state index in [1.807, 2.05) is 30.3 Å². The fourth-order valence-corrected chi connectivity index (χ4v) is 2.68. The molecule has 0 unspecified atom stereocenters. The van der Waals surface area contributed by atoms with Crippen molar-refractivity contribution in [1.82, 2.24) is 0 Å². The maximum atomic E-state index is 6.04. The van der Waals surface area contributed by atoms with Crippen LogP contribution >= 0.6 is 11.8 Å². The first-order valence-electron chi connectivity index (χ1n) is 5.75. The maximum absolute atomic E-state index is 6.04. The Bertz CT molecular complexity index is 557. The van der Waals surface area contributed by atoms with Crippen LogP contribution < -0.4 is 15.2 Å². The quantitative estimate of drug-likeness (QED) is 0.841. The van der Waals surface area contributed by atoms with Crippen LogP contribution in [0, 0.1) is 0 Å². The van der Waals surface area contributed by atoms with E-state index in [1.165, 1.54) is 0 Å². The topological polar surface area (TPSA) is 44.5 Å². The summed E-state index contributed by atoms with van der Waals surface area (Å²) >= 11 is 1.63. The zero-order valence-corrected chi connectivity index (χ0v) is 10.6. The summed E-state index contributed by atoms with van der Waals surface area (Å²) in [7, 11) is 0. The van der Waals surface area contributed by atoms with E-state index < -0.39 is 0 Å². The molecule has 2 aromatic carbocycles. The fraction of sp³-hybridized carbons (Fsp3) is 0.143. The summed E-state index contributed by atoms with van der Waals surface area (Å²) in [5.74, 6) is 1.50. The Hall–Kier alpha value is -1.81. The first-order valence-corrected chi connectivity index (χ1v) is 6.56. The minimum absolute atomic E-state index is 0.581. The smallest absolute Gasteiger partial charge is 0.163 e. The van der Waals surface area contributed by atoms with Gasteiger partial charge < -0.3 is 15.2 Å². The number of benzene rings is 2. The second-order valence-corrected chi connectivity index (χ2v) is 5.06. The van der Waals surface area contributed by atoms with Crippen molar-refractivity contribution in [3.8, 4) is 11.5 Å². The number of fused-ring (bicyclic) bond motifs is 1. The van der Waals surface area contributed by atoms with E-state index in [0.717, 1.165) is 21.3 Å². The van der Waals surface area contributed by atoms with E-state index >= 15 is 0 Å². The van der Waals surface area contributed by atoms with Crippen LogP contribution in [0.3, 0.4) is 0 Å². The first kappa shape index (κ1) is 11.3. The lowest BCUT2D eigenvalue weighted by molar-refractivity contribution is 0.171. The lowest BCUT2D eigenvalue weighted by Gasteiger charge is -2.20. The number of hydrogen-bond donors (Lipinski definition) is 1. The fourth-order valence-electron chi connectivity index (χ4n) is 1.79. The van der Waals surface area contributed by atoms with Crippen molar-refractivity contribution in [2.45, 2.75) is 9.79 Å². The molecular weight excluding hydrogens is 246 g/mol. The zero-order valence-electron chi connectivity index (χ0n) is 9.76. The van der Waals surface area contributed by atoms with E-state index in [9.17, 15) is 0 Å². The van der Waals surface area contributed by atoms with Gasteiger partial charge in [-0.15, -0.1) is 0 Å². The van der Waals surface area contributed by atoms with Gasteiger partial charge in [-0.05, 0) is 12.1 Å². The van der Waals surface area contributed by atoms with Crippen molar-refractivity contribution in [3.63, 3.8) is 0 Å². The molecule has 3 nitrogen and oxygen atoms in total. The highest BCUT2D eigenvalue weighted by atomic mass is 32.2. The largest absolute Gasteiger partial charge is 0.486 e. The molecule has 4 heteroatoms. The molecule has 1 aliphatic heterocycles. The second-order valence-electron chi connectivity index (χ2n) is 3.95. The van der Waals surface area contributed by atoms with Crippen molar-refractivity contribution in [3.05, 3.63) is 42.5 Å². The van der Waals surface area contributed by atoms with Crippen LogP contribution in [0.1, 0.15) is 0 Å². The molecule has 2 aromatic rings. The number of ether oxygens (including phenoxy) is 2. The van der Waals surface area contributed by atoms with Crippen molar-refractivity contribution in [1.29, 1.82) is 0 Å². The summed E-state index contributed by atoms with van der Waals surface area (Å²) in [5, 5.41) is 0. The number of rotatable bonds is 2. The molecule has 0 amide bonds. The van der Waals surface area contributed by atoms with Gasteiger partial charge in [-0.1, -0.05) is 30.0 Å². The van der Waals surface area contributed by atoms with Gasteiger partial charge in [-0.25, -0.2) is 0 Å². The Kier molecular flexibility index (Phi) is 3.02. The summed E-state index contributed by atoms with van der Waals surface area (Å²) in [6, 6.07) is 13.9. The van der Waals surface area contributed by atoms with Crippen molar-refractivity contribution in [2.75, 3.05) is 18.9 Å². The second kappa shape index (κ2) is 4.82. The van der Waals surface area contributed by atoms with Crippen LogP contribution in [0.5, 0.6) is 11.5 Å². The molecule has 92 valence electrons. The van der Waals surface area contributed by atoms with E-state index in [4.69, 9.17) is 15.2 Å². The summed E-state index contributed by atoms with van der Waals surface area (Å²) in [4.78, 5) is 2.14. The lowest BCUT2D eigenvalue weighted by Crippen LogP contribution is -2.15. The SMILES string of the molecule is Nc1cc2c(cc1Sc1ccccc1)OCCO2. The standard InChI is InChI=1S/C14H13NO2S/c15-11-8-12-13(17-7-6-16-12)9-14(11)18-10-4-2-1-3-5-10/h1-5,8-9H,6-7,15H2. The minimum Gasteiger partial charge on any atom is -0.486 e. The van der Waals surface area contributed by atoms with Gasteiger partial charge in [0.25, 0.3) is 0 Å². The lowest BCUT2D eigenvalue weighted by atomic mass is 10.2. The monoisotopic (exact) mass is 259 g/mol. The molecule has 0 atom stereocenters. The van der Waals surface area contributed by atoms with Gasteiger partial charge in [0.1, 0.15) is 13.2 Å². The molecule has 2 N–H and O–H groups in total. The van der Waals surface area contributed by atoms with E-state index in [1.54, 1.807) is 11.8 Å². The molecule has 0 saturated heterocycles. The molecule has 0 aliphatic carbocycles. The first-order chi connectivity index (χ1) is 8.83. The highest BCUT2D eigenvalue weighted by molar-refractivity contribution is 7.99. The van der Waals surface area contributed by atoms with Gasteiger partial charge in [-0.3, -0.25) is 0 Å². The van der Waals surface area contributed by atoms with Crippen molar-refractivity contribution < 1.29 is 9.47 Å². The van der Waals surface area contributed by atoms with Crippen LogP contribution in [0.15, 0.2) is 52.3 Å². The van der Waals surface area contributed by atoms with Gasteiger partial charge in [0, 0.05) is 27.6 Å². The molecule has 18 heavy (non-hydrogen) atoms. The highest BCUT2D eigenvalue weighted by Crippen LogP contribution is 2.40. The van der Waals surface area contributed by atoms with Crippen LogP contribution in [-0.4, -0.2) is 13.2 Å². The molecule has 0 radical (unpaired) electrons. The number of nitrogens with two attached hydrogens (primary N) is 1. The third-order valence-corrected chi connectivity index (χ3v) is 3.73. The number of hydrogen-bond acceptors (Lipinski definition) is 4. The molecule has 0 spiro atoms. The summed E-state index contributed by atoms with van der Waals surface area (Å²) in [5.41, 5.74) is 6.75. The Morgan fingerprint density at radius 3 is 2.33 bits per heavy atom. The Balaban J connectivity index is 1.92. The zero-order chi connectivity index (χ0) is 12.4. The van der Waals surface area contributed by atoms with Crippen LogP contribution in [-0.2, 0) is 0 Å². The highest BCUT2D eigenvalue weighted by Gasteiger charge is 2.15. The molecule has 3 rings (SSSR count). The van der Waals surface area contributed by atoms with Crippen molar-refractivity contribution >= 4 is 17.4 Å². The van der Waals surface area contributed by atoms with Gasteiger partial charge in [0.2, 0.25) is 0 Å². The van der Waals surface area contributed by atoms with Crippen LogP contribution in [0.2, 0.25) is 0 Å². The number of anilines is 1. The maximum Gasteiger partial charge on any atom is 0.163 e. The third kappa shape index (κ3) is 2.24. The molecular formula is C14H13NO2S. The van der Waals surface area contributed by atoms with E-state index in [2.05, 4.69) is 12.1 Å². The van der Waals surface area contributed by atoms with Gasteiger partial charge in [-0.2, -0.15) is 0 Å². The van der Waals surface area contributed by atoms with Gasteiger partial charge in [0.15, 0.2) is 11.5 Å². The summed E-state index contributed by atoms with van der Waals surface area (Å²) in [6.45, 7) is 1.17. The Labute approximate surface area is 110 Å². The summed E-state index contributed by atoms with van der Waals surface area (Å²) < 4.78 is 11.1.